The third kappa shape index (κ3) is 8.88. The van der Waals surface area contributed by atoms with Crippen LogP contribution in [0.5, 0.6) is 0 Å². The molecule has 8 rings (SSSR count). The first-order chi connectivity index (χ1) is 29.5. The fourth-order valence-corrected chi connectivity index (χ4v) is 6.61. The first-order valence-electron chi connectivity index (χ1n) is 18.4. The van der Waals surface area contributed by atoms with E-state index in [-0.39, 0.29) is 48.6 Å². The van der Waals surface area contributed by atoms with Crippen molar-refractivity contribution in [3.63, 3.8) is 0 Å². The Labute approximate surface area is 365 Å². The lowest BCUT2D eigenvalue weighted by molar-refractivity contribution is 0.101. The highest BCUT2D eigenvalue weighted by molar-refractivity contribution is 6.31. The van der Waals surface area contributed by atoms with E-state index in [2.05, 4.69) is 40.8 Å². The normalized spacial score (nSPS) is 11.0. The summed E-state index contributed by atoms with van der Waals surface area (Å²) in [6.45, 7) is 8.89. The van der Waals surface area contributed by atoms with Gasteiger partial charge in [0.05, 0.1) is 11.0 Å². The number of aryl methyl sites for hydroxylation is 5. The summed E-state index contributed by atoms with van der Waals surface area (Å²) in [6.07, 6.45) is 2.94. The van der Waals surface area contributed by atoms with Crippen molar-refractivity contribution in [3.05, 3.63) is 172 Å². The molecule has 312 valence electrons. The molecule has 0 saturated carbocycles. The zero-order valence-corrected chi connectivity index (χ0v) is 35.5. The molecule has 0 aliphatic heterocycles. The molecule has 0 aliphatic rings. The highest BCUT2D eigenvalue weighted by atomic mass is 35.5. The average Bonchev–Trinajstić information content (AvgIpc) is 3.20. The summed E-state index contributed by atoms with van der Waals surface area (Å²) in [5.74, 6) is -2.85. The van der Waals surface area contributed by atoms with Crippen molar-refractivity contribution < 1.29 is 18.4 Å². The molecule has 0 radical (unpaired) electrons. The zero-order chi connectivity index (χ0) is 44.6. The molecule has 2 N–H and O–H groups in total. The Morgan fingerprint density at radius 1 is 0.581 bits per heavy atom. The van der Waals surface area contributed by atoms with Crippen LogP contribution in [-0.2, 0) is 0 Å². The molecule has 0 atom stereocenters. The van der Waals surface area contributed by atoms with Gasteiger partial charge in [0.25, 0.3) is 11.8 Å². The van der Waals surface area contributed by atoms with Gasteiger partial charge >= 0.3 is 0 Å². The Balaban J connectivity index is 0.000000186. The van der Waals surface area contributed by atoms with Gasteiger partial charge < -0.3 is 10.6 Å². The van der Waals surface area contributed by atoms with Crippen molar-refractivity contribution in [1.29, 1.82) is 0 Å². The number of hydrogen-bond donors (Lipinski definition) is 2. The van der Waals surface area contributed by atoms with E-state index in [9.17, 15) is 28.0 Å². The second-order valence-electron chi connectivity index (χ2n) is 13.8. The molecule has 6 heterocycles. The van der Waals surface area contributed by atoms with E-state index in [0.717, 1.165) is 23.3 Å². The Morgan fingerprint density at radius 3 is 1.44 bits per heavy atom. The van der Waals surface area contributed by atoms with Crippen LogP contribution in [0, 0.1) is 46.3 Å². The second kappa shape index (κ2) is 17.5. The standard InChI is InChI=1S/C22H17ClFN5O2.C21H14Cl2FN5O2/c1-11-8-18-19(26-13(11)3)21(30)20(22(31)27-15-6-7-25-12(2)9-15)28-29(18)17-5-4-14(23)10-16(17)24;1-10-7-16-18(26-11(10)2)20(30)19(21(31)27-13-5-6-25-17(23)9-13)28-29(16)15-4-3-12(22)8-14(15)24/h4-10H,1-3H3,(H,25,27,31);3-9H,1-2H3,(H,25,27,31). The molecule has 6 aromatic heterocycles. The van der Waals surface area contributed by atoms with Crippen molar-refractivity contribution >= 4 is 80.1 Å². The third-order valence-corrected chi connectivity index (χ3v) is 10.1. The lowest BCUT2D eigenvalue weighted by atomic mass is 10.1. The van der Waals surface area contributed by atoms with E-state index in [1.165, 1.54) is 58.2 Å². The third-order valence-electron chi connectivity index (χ3n) is 9.45. The van der Waals surface area contributed by atoms with E-state index in [4.69, 9.17) is 34.8 Å². The Bertz CT molecular complexity index is 3060. The number of anilines is 2. The number of fused-ring (bicyclic) bond motifs is 2. The average molecular weight is 896 g/mol. The highest BCUT2D eigenvalue weighted by Gasteiger charge is 2.23. The summed E-state index contributed by atoms with van der Waals surface area (Å²) in [5, 5.41) is 14.1. The van der Waals surface area contributed by atoms with Crippen LogP contribution in [0.25, 0.3) is 33.4 Å². The van der Waals surface area contributed by atoms with Gasteiger partial charge in [0, 0.05) is 50.9 Å². The molecule has 0 bridgehead atoms. The summed E-state index contributed by atoms with van der Waals surface area (Å²) in [6, 6.07) is 17.6. The SMILES string of the molecule is Cc1cc(NC(=O)c2nn(-c3ccc(Cl)cc3F)c3cc(C)c(C)nc3c2=O)ccn1.Cc1cc2c(nc1C)c(=O)c(C(=O)Nc1ccnc(Cl)c1)nn2-c1ccc(Cl)cc1F. The van der Waals surface area contributed by atoms with Crippen molar-refractivity contribution in [1.82, 2.24) is 39.5 Å². The predicted octanol–water partition coefficient (Wildman–Crippen LogP) is 8.64. The molecular weight excluding hydrogens is 865 g/mol. The van der Waals surface area contributed by atoms with Gasteiger partial charge in [-0.2, -0.15) is 10.2 Å². The first kappa shape index (κ1) is 43.1. The minimum atomic E-state index is -0.794. The number of nitrogens with one attached hydrogen (secondary N) is 2. The van der Waals surface area contributed by atoms with E-state index in [1.54, 1.807) is 45.0 Å². The molecule has 19 heteroatoms. The van der Waals surface area contributed by atoms with Gasteiger partial charge in [0.15, 0.2) is 11.4 Å². The van der Waals surface area contributed by atoms with Gasteiger partial charge in [-0.3, -0.25) is 24.2 Å². The van der Waals surface area contributed by atoms with Crippen LogP contribution in [-0.4, -0.2) is 51.3 Å². The summed E-state index contributed by atoms with van der Waals surface area (Å²) >= 11 is 17.6. The minimum absolute atomic E-state index is 0.00893. The number of pyridine rings is 4. The second-order valence-corrected chi connectivity index (χ2v) is 15.1. The predicted molar refractivity (Wildman–Crippen MR) is 233 cm³/mol. The van der Waals surface area contributed by atoms with Crippen LogP contribution in [0.1, 0.15) is 49.2 Å². The maximum Gasteiger partial charge on any atom is 0.280 e. The number of carbonyl (C=O) groups is 2. The van der Waals surface area contributed by atoms with Crippen LogP contribution in [0.2, 0.25) is 15.2 Å². The monoisotopic (exact) mass is 894 g/mol. The lowest BCUT2D eigenvalue weighted by Crippen LogP contribution is -2.28. The Morgan fingerprint density at radius 2 is 1.02 bits per heavy atom. The first-order valence-corrected chi connectivity index (χ1v) is 19.5. The number of aromatic nitrogens is 8. The molecule has 2 aromatic carbocycles. The fraction of sp³-hybridized carbons (Fsp3) is 0.116. The number of carbonyl (C=O) groups excluding carboxylic acids is 2. The molecule has 0 spiro atoms. The molecule has 62 heavy (non-hydrogen) atoms. The summed E-state index contributed by atoms with van der Waals surface area (Å²) in [4.78, 5) is 68.5. The van der Waals surface area contributed by atoms with Gasteiger partial charge in [-0.1, -0.05) is 34.8 Å². The van der Waals surface area contributed by atoms with Gasteiger partial charge in [-0.15, -0.1) is 0 Å². The van der Waals surface area contributed by atoms with Gasteiger partial charge in [-0.05, 0) is 119 Å². The summed E-state index contributed by atoms with van der Waals surface area (Å²) in [5.41, 5.74) is 2.68. The van der Waals surface area contributed by atoms with Crippen molar-refractivity contribution in [2.75, 3.05) is 10.6 Å². The number of nitrogens with zero attached hydrogens (tertiary/aromatic N) is 8. The number of benzene rings is 2. The molecular formula is C43H31Cl3F2N10O4. The lowest BCUT2D eigenvalue weighted by Gasteiger charge is -2.14. The van der Waals surface area contributed by atoms with Gasteiger partial charge in [0.1, 0.15) is 39.2 Å². The maximum atomic E-state index is 14.7. The smallest absolute Gasteiger partial charge is 0.280 e. The van der Waals surface area contributed by atoms with Crippen molar-refractivity contribution in [3.8, 4) is 11.4 Å². The molecule has 0 fully saturated rings. The van der Waals surface area contributed by atoms with Crippen LogP contribution in [0.4, 0.5) is 20.2 Å². The number of halogens is 5. The minimum Gasteiger partial charge on any atom is -0.320 e. The summed E-state index contributed by atoms with van der Waals surface area (Å²) in [7, 11) is 0. The van der Waals surface area contributed by atoms with Crippen LogP contribution >= 0.6 is 34.8 Å². The van der Waals surface area contributed by atoms with Crippen LogP contribution in [0.15, 0.2) is 94.8 Å². The Hall–Kier alpha value is -7.01. The van der Waals surface area contributed by atoms with Gasteiger partial charge in [-0.25, -0.2) is 33.1 Å². The number of amides is 2. The molecule has 0 unspecified atom stereocenters. The zero-order valence-electron chi connectivity index (χ0n) is 33.2. The topological polar surface area (TPSA) is 180 Å². The van der Waals surface area contributed by atoms with Crippen LogP contribution in [0.3, 0.4) is 0 Å². The van der Waals surface area contributed by atoms with E-state index in [1.807, 2.05) is 13.8 Å². The quantitative estimate of drug-likeness (QED) is 0.154. The van der Waals surface area contributed by atoms with E-state index >= 15 is 0 Å². The van der Waals surface area contributed by atoms with Crippen LogP contribution < -0.4 is 21.5 Å². The number of hydrogen-bond acceptors (Lipinski definition) is 10. The molecule has 2 amide bonds. The highest BCUT2D eigenvalue weighted by Crippen LogP contribution is 2.25. The molecule has 8 aromatic rings. The summed E-state index contributed by atoms with van der Waals surface area (Å²) < 4.78 is 31.8. The molecule has 0 aliphatic carbocycles. The largest absolute Gasteiger partial charge is 0.320 e. The van der Waals surface area contributed by atoms with Crippen molar-refractivity contribution in [2.24, 2.45) is 0 Å². The molecule has 0 saturated heterocycles. The van der Waals surface area contributed by atoms with Gasteiger partial charge in [0.2, 0.25) is 10.9 Å². The Kier molecular flexibility index (Phi) is 12.2. The molecule has 14 nitrogen and oxygen atoms in total. The van der Waals surface area contributed by atoms with Crippen molar-refractivity contribution in [2.45, 2.75) is 34.6 Å². The number of rotatable bonds is 6. The van der Waals surface area contributed by atoms with E-state index in [0.29, 0.717) is 28.5 Å². The van der Waals surface area contributed by atoms with E-state index < -0.39 is 45.7 Å². The maximum absolute atomic E-state index is 14.7. The fourth-order valence-electron chi connectivity index (χ4n) is 6.12.